The normalized spacial score (nSPS) is 10.9. The van der Waals surface area contributed by atoms with Crippen molar-refractivity contribution in [1.82, 2.24) is 9.78 Å². The number of hydrogen-bond acceptors (Lipinski definition) is 5. The first kappa shape index (κ1) is 20.0. The van der Waals surface area contributed by atoms with Crippen LogP contribution in [0.1, 0.15) is 11.4 Å². The number of nitrogens with zero attached hydrogens (tertiary/aromatic N) is 2. The van der Waals surface area contributed by atoms with Gasteiger partial charge in [0.25, 0.3) is 0 Å². The molecule has 0 aliphatic carbocycles. The van der Waals surface area contributed by atoms with Crippen molar-refractivity contribution >= 4 is 23.7 Å². The highest BCUT2D eigenvalue weighted by molar-refractivity contribution is 7.99. The number of rotatable bonds is 4. The van der Waals surface area contributed by atoms with Crippen LogP contribution in [0.5, 0.6) is 0 Å². The van der Waals surface area contributed by atoms with Crippen LogP contribution in [0.2, 0.25) is 0 Å². The van der Waals surface area contributed by atoms with Crippen molar-refractivity contribution in [2.24, 2.45) is 5.73 Å². The second kappa shape index (κ2) is 8.74. The molecule has 132 valence electrons. The highest BCUT2D eigenvalue weighted by Crippen LogP contribution is 2.33. The van der Waals surface area contributed by atoms with Crippen LogP contribution in [0.3, 0.4) is 0 Å². The maximum Gasteiger partial charge on any atom is 0.446 e. The number of nitrogen functional groups attached to an aromatic ring is 1. The van der Waals surface area contributed by atoms with Crippen LogP contribution in [-0.4, -0.2) is 28.8 Å². The molecule has 4 N–H and O–H groups in total. The Balaban J connectivity index is 0.000000413. The Hall–Kier alpha value is -2.00. The van der Waals surface area contributed by atoms with E-state index >= 15 is 0 Å². The number of aromatic nitrogens is 2. The van der Waals surface area contributed by atoms with Crippen LogP contribution in [-0.2, 0) is 11.3 Å². The van der Waals surface area contributed by atoms with Gasteiger partial charge in [-0.1, -0.05) is 11.8 Å². The highest BCUT2D eigenvalue weighted by Gasteiger charge is 2.24. The molecule has 0 atom stereocenters. The molecule has 1 heterocycles. The minimum Gasteiger partial charge on any atom is -0.399 e. The predicted molar refractivity (Wildman–Crippen MR) is 87.9 cm³/mol. The summed E-state index contributed by atoms with van der Waals surface area (Å²) in [6, 6.07) is 7.88. The first-order valence-electron chi connectivity index (χ1n) is 6.98. The van der Waals surface area contributed by atoms with Gasteiger partial charge in [-0.25, -0.2) is 0 Å². The Labute approximate surface area is 142 Å². The molecule has 1 aromatic carbocycles. The molecule has 24 heavy (non-hydrogen) atoms. The maximum absolute atomic E-state index is 10.4. The van der Waals surface area contributed by atoms with E-state index in [9.17, 15) is 13.2 Å². The molecule has 0 spiro atoms. The quantitative estimate of drug-likeness (QED) is 0.647. The fraction of sp³-hybridized carbons (Fsp3) is 0.333. The van der Waals surface area contributed by atoms with Crippen LogP contribution in [0.25, 0.3) is 0 Å². The van der Waals surface area contributed by atoms with Crippen molar-refractivity contribution in [3.8, 4) is 0 Å². The number of anilines is 1. The number of aryl methyl sites for hydroxylation is 1. The fourth-order valence-electron chi connectivity index (χ4n) is 1.82. The number of halogens is 3. The average molecular weight is 360 g/mol. The van der Waals surface area contributed by atoms with Gasteiger partial charge < -0.3 is 11.5 Å². The summed E-state index contributed by atoms with van der Waals surface area (Å²) in [5, 5.41) is 4.50. The monoisotopic (exact) mass is 360 g/mol. The first-order valence-corrected chi connectivity index (χ1v) is 7.80. The van der Waals surface area contributed by atoms with E-state index in [2.05, 4.69) is 12.0 Å². The van der Waals surface area contributed by atoms with E-state index in [-0.39, 0.29) is 0 Å². The van der Waals surface area contributed by atoms with E-state index in [1.54, 1.807) is 11.8 Å². The molecule has 9 heteroatoms. The predicted octanol–water partition coefficient (Wildman–Crippen LogP) is 2.94. The van der Waals surface area contributed by atoms with Gasteiger partial charge in [-0.05, 0) is 38.1 Å². The third-order valence-electron chi connectivity index (χ3n) is 2.89. The molecule has 5 nitrogen and oxygen atoms in total. The van der Waals surface area contributed by atoms with Crippen molar-refractivity contribution < 1.29 is 18.0 Å². The summed E-state index contributed by atoms with van der Waals surface area (Å²) < 4.78 is 33.2. The lowest BCUT2D eigenvalue weighted by atomic mass is 10.3. The number of carbonyl (C=O) groups excluding carboxylic acids is 1. The van der Waals surface area contributed by atoms with Crippen molar-refractivity contribution in [2.45, 2.75) is 36.4 Å². The van der Waals surface area contributed by atoms with Crippen LogP contribution in [0.15, 0.2) is 34.1 Å². The number of alkyl halides is 3. The summed E-state index contributed by atoms with van der Waals surface area (Å²) in [5.41, 5.74) is 14.3. The summed E-state index contributed by atoms with van der Waals surface area (Å²) in [6.45, 7) is 5.47. The fourth-order valence-corrected chi connectivity index (χ4v) is 2.77. The Morgan fingerprint density at radius 3 is 2.25 bits per heavy atom. The van der Waals surface area contributed by atoms with Gasteiger partial charge in [-0.3, -0.25) is 9.48 Å². The largest absolute Gasteiger partial charge is 0.446 e. The molecule has 0 fully saturated rings. The number of benzene rings is 1. The molecule has 2 aromatic rings. The average Bonchev–Trinajstić information content (AvgIpc) is 2.77. The van der Waals surface area contributed by atoms with E-state index in [1.165, 1.54) is 15.5 Å². The van der Waals surface area contributed by atoms with Gasteiger partial charge in [0.05, 0.1) is 17.1 Å². The standard InChI is InChI=1S/C13H18N4S.C2HF3O/c1-9-13(10(2)17(16-9)8-7-14)18-12-5-3-11(15)4-6-12;3-2(4,5)1-6/h3-6H,7-8,14-15H2,1-2H3;1H. The summed E-state index contributed by atoms with van der Waals surface area (Å²) in [6.07, 6.45) is -5.70. The molecule has 2 rings (SSSR count). The van der Waals surface area contributed by atoms with Crippen LogP contribution in [0.4, 0.5) is 18.9 Å². The van der Waals surface area contributed by atoms with Crippen molar-refractivity contribution in [3.05, 3.63) is 35.7 Å². The summed E-state index contributed by atoms with van der Waals surface area (Å²) in [7, 11) is 0. The smallest absolute Gasteiger partial charge is 0.399 e. The molecule has 0 radical (unpaired) electrons. The van der Waals surface area contributed by atoms with Crippen molar-refractivity contribution in [3.63, 3.8) is 0 Å². The van der Waals surface area contributed by atoms with Gasteiger partial charge in [0.2, 0.25) is 6.29 Å². The zero-order valence-electron chi connectivity index (χ0n) is 13.3. The zero-order valence-corrected chi connectivity index (χ0v) is 14.1. The highest BCUT2D eigenvalue weighted by atomic mass is 32.2. The van der Waals surface area contributed by atoms with E-state index in [1.807, 2.05) is 35.9 Å². The van der Waals surface area contributed by atoms with Gasteiger partial charge >= 0.3 is 6.18 Å². The lowest BCUT2D eigenvalue weighted by Crippen LogP contribution is -2.12. The number of carbonyl (C=O) groups is 1. The Bertz CT molecular complexity index is 669. The lowest BCUT2D eigenvalue weighted by Gasteiger charge is -2.04. The van der Waals surface area contributed by atoms with E-state index in [0.717, 1.165) is 17.9 Å². The third kappa shape index (κ3) is 6.25. The van der Waals surface area contributed by atoms with Crippen LogP contribution in [0, 0.1) is 13.8 Å². The molecule has 1 aromatic heterocycles. The van der Waals surface area contributed by atoms with Gasteiger partial charge in [0.15, 0.2) is 0 Å². The van der Waals surface area contributed by atoms with Gasteiger partial charge in [-0.2, -0.15) is 18.3 Å². The number of nitrogens with two attached hydrogens (primary N) is 2. The Morgan fingerprint density at radius 2 is 1.79 bits per heavy atom. The van der Waals surface area contributed by atoms with E-state index in [4.69, 9.17) is 16.3 Å². The molecule has 0 unspecified atom stereocenters. The van der Waals surface area contributed by atoms with Crippen molar-refractivity contribution in [1.29, 1.82) is 0 Å². The SMILES string of the molecule is Cc1nn(CCN)c(C)c1Sc1ccc(N)cc1.O=CC(F)(F)F. The van der Waals surface area contributed by atoms with Crippen molar-refractivity contribution in [2.75, 3.05) is 12.3 Å². The minimum atomic E-state index is -4.64. The molecule has 0 amide bonds. The zero-order chi connectivity index (χ0) is 18.3. The van der Waals surface area contributed by atoms with Gasteiger partial charge in [0.1, 0.15) is 0 Å². The Kier molecular flexibility index (Phi) is 7.30. The topological polar surface area (TPSA) is 86.9 Å². The van der Waals surface area contributed by atoms with Gasteiger partial charge in [0, 0.05) is 22.8 Å². The van der Waals surface area contributed by atoms with E-state index < -0.39 is 12.5 Å². The Morgan fingerprint density at radius 1 is 1.25 bits per heavy atom. The summed E-state index contributed by atoms with van der Waals surface area (Å²) >= 11 is 1.72. The lowest BCUT2D eigenvalue weighted by molar-refractivity contribution is -0.156. The molecular formula is C15H19F3N4OS. The number of hydrogen-bond donors (Lipinski definition) is 2. The van der Waals surface area contributed by atoms with Gasteiger partial charge in [-0.15, -0.1) is 0 Å². The maximum atomic E-state index is 10.4. The minimum absolute atomic E-state index is 0.605. The van der Waals surface area contributed by atoms with Crippen LogP contribution < -0.4 is 11.5 Å². The van der Waals surface area contributed by atoms with Crippen LogP contribution >= 0.6 is 11.8 Å². The molecule has 0 bridgehead atoms. The first-order chi connectivity index (χ1) is 11.2. The molecular weight excluding hydrogens is 341 g/mol. The summed E-state index contributed by atoms with van der Waals surface area (Å²) in [4.78, 5) is 11.1. The second-order valence-corrected chi connectivity index (χ2v) is 5.93. The third-order valence-corrected chi connectivity index (χ3v) is 4.19. The molecule has 0 saturated carbocycles. The molecule has 0 saturated heterocycles. The molecule has 0 aliphatic heterocycles. The van der Waals surface area contributed by atoms with E-state index in [0.29, 0.717) is 6.54 Å². The number of aldehydes is 1. The molecule has 0 aliphatic rings. The summed E-state index contributed by atoms with van der Waals surface area (Å²) in [5.74, 6) is 0. The second-order valence-electron chi connectivity index (χ2n) is 4.84.